The smallest absolute Gasteiger partial charge is 0.308 e. The molecular formula is C12H26N2O3. The molecule has 2 N–H and O–H groups in total. The summed E-state index contributed by atoms with van der Waals surface area (Å²) in [5.74, 6) is -0.339. The number of unbranched alkanes of at least 4 members (excludes halogenated alkanes) is 1. The van der Waals surface area contributed by atoms with Crippen LogP contribution in [0.5, 0.6) is 0 Å². The number of nitrogens with one attached hydrogen (secondary N) is 1. The predicted octanol–water partition coefficient (Wildman–Crippen LogP) is 0.232. The van der Waals surface area contributed by atoms with Crippen molar-refractivity contribution in [2.75, 3.05) is 40.3 Å². The number of carbonyl (C=O) groups is 1. The van der Waals surface area contributed by atoms with Crippen LogP contribution in [0.2, 0.25) is 0 Å². The molecule has 0 bridgehead atoms. The van der Waals surface area contributed by atoms with Crippen LogP contribution < -0.4 is 5.32 Å². The Morgan fingerprint density at radius 1 is 1.41 bits per heavy atom. The van der Waals surface area contributed by atoms with Crippen molar-refractivity contribution < 1.29 is 14.6 Å². The van der Waals surface area contributed by atoms with Gasteiger partial charge in [0.25, 0.3) is 0 Å². The van der Waals surface area contributed by atoms with Gasteiger partial charge < -0.3 is 20.1 Å². The van der Waals surface area contributed by atoms with Crippen molar-refractivity contribution in [2.24, 2.45) is 0 Å². The maximum atomic E-state index is 11.0. The van der Waals surface area contributed by atoms with Crippen molar-refractivity contribution in [3.63, 3.8) is 0 Å². The highest BCUT2D eigenvalue weighted by Crippen LogP contribution is 1.94. The van der Waals surface area contributed by atoms with Gasteiger partial charge in [0.05, 0.1) is 19.1 Å². The van der Waals surface area contributed by atoms with Crippen molar-refractivity contribution in [3.05, 3.63) is 0 Å². The van der Waals surface area contributed by atoms with Crippen molar-refractivity contribution in [1.29, 1.82) is 0 Å². The van der Waals surface area contributed by atoms with Gasteiger partial charge in [-0.2, -0.15) is 0 Å². The van der Waals surface area contributed by atoms with E-state index < -0.39 is 6.10 Å². The van der Waals surface area contributed by atoms with Gasteiger partial charge in [0, 0.05) is 6.54 Å². The first-order valence-electron chi connectivity index (χ1n) is 6.25. The lowest BCUT2D eigenvalue weighted by Gasteiger charge is -2.12. The van der Waals surface area contributed by atoms with Gasteiger partial charge in [0.1, 0.15) is 0 Å². The van der Waals surface area contributed by atoms with Crippen LogP contribution in [0.25, 0.3) is 0 Å². The molecule has 0 radical (unpaired) electrons. The number of carbonyl (C=O) groups excluding carboxylic acids is 1. The van der Waals surface area contributed by atoms with Crippen LogP contribution in [0.1, 0.15) is 26.2 Å². The van der Waals surface area contributed by atoms with Crippen molar-refractivity contribution >= 4 is 5.97 Å². The lowest BCUT2D eigenvalue weighted by molar-refractivity contribution is -0.145. The average molecular weight is 246 g/mol. The summed E-state index contributed by atoms with van der Waals surface area (Å²) in [5.41, 5.74) is 0. The second kappa shape index (κ2) is 10.5. The number of esters is 1. The van der Waals surface area contributed by atoms with Gasteiger partial charge in [-0.3, -0.25) is 4.79 Å². The Hall–Kier alpha value is -0.650. The van der Waals surface area contributed by atoms with Gasteiger partial charge >= 0.3 is 5.97 Å². The highest BCUT2D eigenvalue weighted by Gasteiger charge is 2.10. The van der Waals surface area contributed by atoms with E-state index in [0.717, 1.165) is 25.9 Å². The number of hydrogen-bond donors (Lipinski definition) is 2. The number of hydrogen-bond acceptors (Lipinski definition) is 5. The van der Waals surface area contributed by atoms with Crippen molar-refractivity contribution in [2.45, 2.75) is 32.3 Å². The predicted molar refractivity (Wildman–Crippen MR) is 67.9 cm³/mol. The number of ether oxygens (including phenoxy) is 1. The largest absolute Gasteiger partial charge is 0.466 e. The number of rotatable bonds is 10. The Labute approximate surface area is 104 Å². The molecule has 0 fully saturated rings. The van der Waals surface area contributed by atoms with Gasteiger partial charge in [0.15, 0.2) is 0 Å². The summed E-state index contributed by atoms with van der Waals surface area (Å²) in [7, 11) is 4.10. The Morgan fingerprint density at radius 3 is 2.71 bits per heavy atom. The molecule has 0 aromatic carbocycles. The minimum Gasteiger partial charge on any atom is -0.466 e. The molecule has 0 heterocycles. The van der Waals surface area contributed by atoms with Gasteiger partial charge in [-0.25, -0.2) is 0 Å². The summed E-state index contributed by atoms with van der Waals surface area (Å²) in [6.45, 7) is 4.51. The summed E-state index contributed by atoms with van der Waals surface area (Å²) in [4.78, 5) is 13.2. The first-order chi connectivity index (χ1) is 8.06. The van der Waals surface area contributed by atoms with E-state index in [-0.39, 0.29) is 12.4 Å². The molecule has 0 saturated heterocycles. The molecule has 5 heteroatoms. The Kier molecular flexibility index (Phi) is 10.1. The topological polar surface area (TPSA) is 61.8 Å². The highest BCUT2D eigenvalue weighted by atomic mass is 16.5. The molecule has 0 aromatic heterocycles. The zero-order valence-electron chi connectivity index (χ0n) is 11.2. The quantitative estimate of drug-likeness (QED) is 0.427. The molecule has 102 valence electrons. The third-order valence-electron chi connectivity index (χ3n) is 2.30. The Bertz CT molecular complexity index is 198. The van der Waals surface area contributed by atoms with Crippen LogP contribution in [0.15, 0.2) is 0 Å². The molecule has 0 rings (SSSR count). The molecule has 0 aliphatic carbocycles. The van der Waals surface area contributed by atoms with E-state index in [1.807, 2.05) is 0 Å². The van der Waals surface area contributed by atoms with Crippen LogP contribution in [-0.2, 0) is 9.53 Å². The summed E-state index contributed by atoms with van der Waals surface area (Å²) in [6.07, 6.45) is 1.62. The maximum Gasteiger partial charge on any atom is 0.308 e. The van der Waals surface area contributed by atoms with E-state index in [9.17, 15) is 9.90 Å². The van der Waals surface area contributed by atoms with E-state index >= 15 is 0 Å². The summed E-state index contributed by atoms with van der Waals surface area (Å²) in [6, 6.07) is 0. The van der Waals surface area contributed by atoms with Crippen molar-refractivity contribution in [3.8, 4) is 0 Å². The molecule has 5 nitrogen and oxygen atoms in total. The molecule has 0 aromatic rings. The second-order valence-electron chi connectivity index (χ2n) is 4.38. The zero-order valence-corrected chi connectivity index (χ0v) is 11.2. The molecule has 0 amide bonds. The lowest BCUT2D eigenvalue weighted by atomic mass is 10.2. The minimum atomic E-state index is -0.650. The van der Waals surface area contributed by atoms with E-state index in [1.165, 1.54) is 0 Å². The first-order valence-corrected chi connectivity index (χ1v) is 6.25. The van der Waals surface area contributed by atoms with Gasteiger partial charge in [-0.05, 0) is 47.0 Å². The van der Waals surface area contributed by atoms with Crippen LogP contribution in [0, 0.1) is 0 Å². The first kappa shape index (κ1) is 16.4. The molecule has 1 unspecified atom stereocenters. The zero-order chi connectivity index (χ0) is 13.1. The Balaban J connectivity index is 3.33. The van der Waals surface area contributed by atoms with E-state index in [2.05, 4.69) is 24.3 Å². The summed E-state index contributed by atoms with van der Waals surface area (Å²) < 4.78 is 4.75. The summed E-state index contributed by atoms with van der Waals surface area (Å²) in [5, 5.41) is 12.6. The number of aliphatic hydroxyl groups excluding tert-OH is 1. The molecule has 0 aliphatic heterocycles. The van der Waals surface area contributed by atoms with E-state index in [4.69, 9.17) is 4.74 Å². The SMILES string of the molecule is CCOC(=O)CC(O)CNCCCCN(C)C. The van der Waals surface area contributed by atoms with E-state index in [0.29, 0.717) is 13.2 Å². The monoisotopic (exact) mass is 246 g/mol. The average Bonchev–Trinajstić information content (AvgIpc) is 2.23. The molecule has 0 spiro atoms. The van der Waals surface area contributed by atoms with Gasteiger partial charge in [-0.1, -0.05) is 0 Å². The van der Waals surface area contributed by atoms with Crippen molar-refractivity contribution in [1.82, 2.24) is 10.2 Å². The fraction of sp³-hybridized carbons (Fsp3) is 0.917. The number of nitrogens with zero attached hydrogens (tertiary/aromatic N) is 1. The number of aliphatic hydroxyl groups is 1. The van der Waals surface area contributed by atoms with Crippen LogP contribution in [-0.4, -0.2) is 62.4 Å². The maximum absolute atomic E-state index is 11.0. The van der Waals surface area contributed by atoms with Crippen LogP contribution in [0.4, 0.5) is 0 Å². The van der Waals surface area contributed by atoms with Crippen LogP contribution in [0.3, 0.4) is 0 Å². The highest BCUT2D eigenvalue weighted by molar-refractivity contribution is 5.69. The molecule has 0 saturated carbocycles. The second-order valence-corrected chi connectivity index (χ2v) is 4.38. The Morgan fingerprint density at radius 2 is 2.12 bits per heavy atom. The third-order valence-corrected chi connectivity index (χ3v) is 2.30. The fourth-order valence-electron chi connectivity index (χ4n) is 1.43. The van der Waals surface area contributed by atoms with Crippen LogP contribution >= 0.6 is 0 Å². The van der Waals surface area contributed by atoms with Gasteiger partial charge in [-0.15, -0.1) is 0 Å². The lowest BCUT2D eigenvalue weighted by Crippen LogP contribution is -2.30. The molecule has 17 heavy (non-hydrogen) atoms. The minimum absolute atomic E-state index is 0.0680. The fourth-order valence-corrected chi connectivity index (χ4v) is 1.43. The normalized spacial score (nSPS) is 12.8. The molecule has 1 atom stereocenters. The third kappa shape index (κ3) is 11.6. The standard InChI is InChI=1S/C12H26N2O3/c1-4-17-12(16)9-11(15)10-13-7-5-6-8-14(2)3/h11,13,15H,4-10H2,1-3H3. The van der Waals surface area contributed by atoms with Gasteiger partial charge in [0.2, 0.25) is 0 Å². The molecular weight excluding hydrogens is 220 g/mol. The molecule has 0 aliphatic rings. The summed E-state index contributed by atoms with van der Waals surface area (Å²) >= 11 is 0. The van der Waals surface area contributed by atoms with E-state index in [1.54, 1.807) is 6.92 Å².